The molecular formula is C40H60N12O10. The number of benzene rings is 1. The van der Waals surface area contributed by atoms with Crippen molar-refractivity contribution in [2.24, 2.45) is 22.2 Å². The minimum Gasteiger partial charge on any atom is -0.481 e. The summed E-state index contributed by atoms with van der Waals surface area (Å²) in [6.07, 6.45) is 1.70. The zero-order chi connectivity index (χ0) is 45.3. The Morgan fingerprint density at radius 3 is 1.98 bits per heavy atom. The molecule has 0 aromatic heterocycles. The number of nitrogens with one attached hydrogen (secondary N) is 6. The number of carbonyl (C=O) groups excluding carboxylic acids is 8. The molecule has 3 saturated heterocycles. The lowest BCUT2D eigenvalue weighted by atomic mass is 10.0. The molecule has 1 aromatic carbocycles. The molecular weight excluding hydrogens is 809 g/mol. The lowest BCUT2D eigenvalue weighted by molar-refractivity contribution is -0.148. The Hall–Kier alpha value is -6.32. The maximum Gasteiger partial charge on any atom is 0.305 e. The molecule has 340 valence electrons. The van der Waals surface area contributed by atoms with Crippen molar-refractivity contribution in [2.45, 2.75) is 120 Å². The van der Waals surface area contributed by atoms with E-state index in [-0.39, 0.29) is 70.7 Å². The lowest BCUT2D eigenvalue weighted by Crippen LogP contribution is -2.60. The van der Waals surface area contributed by atoms with Gasteiger partial charge in [-0.1, -0.05) is 30.3 Å². The number of carbonyl (C=O) groups is 9. The fourth-order valence-electron chi connectivity index (χ4n) is 7.70. The van der Waals surface area contributed by atoms with E-state index < -0.39 is 108 Å². The van der Waals surface area contributed by atoms with Crippen LogP contribution in [0.1, 0.15) is 76.7 Å². The van der Waals surface area contributed by atoms with Gasteiger partial charge in [-0.2, -0.15) is 0 Å². The van der Waals surface area contributed by atoms with Gasteiger partial charge in [-0.15, -0.1) is 0 Å². The summed E-state index contributed by atoms with van der Waals surface area (Å²) in [5.74, 6) is -7.61. The van der Waals surface area contributed by atoms with E-state index in [1.54, 1.807) is 30.3 Å². The van der Waals surface area contributed by atoms with Gasteiger partial charge in [0.1, 0.15) is 42.3 Å². The highest BCUT2D eigenvalue weighted by Gasteiger charge is 2.44. The Morgan fingerprint density at radius 1 is 0.710 bits per heavy atom. The minimum atomic E-state index is -1.69. The highest BCUT2D eigenvalue weighted by atomic mass is 16.4. The van der Waals surface area contributed by atoms with Crippen LogP contribution in [0.4, 0.5) is 0 Å². The van der Waals surface area contributed by atoms with Crippen molar-refractivity contribution >= 4 is 59.2 Å². The molecule has 3 aliphatic heterocycles. The van der Waals surface area contributed by atoms with Gasteiger partial charge in [-0.05, 0) is 76.8 Å². The van der Waals surface area contributed by atoms with E-state index >= 15 is 0 Å². The molecule has 22 nitrogen and oxygen atoms in total. The molecule has 3 fully saturated rings. The molecule has 3 aliphatic rings. The van der Waals surface area contributed by atoms with Crippen molar-refractivity contribution < 1.29 is 48.3 Å². The molecule has 0 spiro atoms. The van der Waals surface area contributed by atoms with Crippen LogP contribution in [-0.4, -0.2) is 149 Å². The zero-order valence-electron chi connectivity index (χ0n) is 34.9. The molecule has 4 rings (SSSR count). The van der Waals surface area contributed by atoms with Crippen molar-refractivity contribution in [3.8, 4) is 0 Å². The van der Waals surface area contributed by atoms with E-state index in [2.05, 4.69) is 36.9 Å². The highest BCUT2D eigenvalue weighted by Crippen LogP contribution is 2.26. The van der Waals surface area contributed by atoms with Gasteiger partial charge in [0.2, 0.25) is 47.3 Å². The van der Waals surface area contributed by atoms with E-state index in [1.165, 1.54) is 16.7 Å². The Labute approximate surface area is 359 Å². The monoisotopic (exact) mass is 868 g/mol. The summed E-state index contributed by atoms with van der Waals surface area (Å²) >= 11 is 0. The third kappa shape index (κ3) is 14.1. The molecule has 0 bridgehead atoms. The maximum atomic E-state index is 14.2. The average Bonchev–Trinajstić information content (AvgIpc) is 3.94. The van der Waals surface area contributed by atoms with Gasteiger partial charge in [-0.25, -0.2) is 0 Å². The van der Waals surface area contributed by atoms with Crippen LogP contribution in [0.15, 0.2) is 35.3 Å². The van der Waals surface area contributed by atoms with Gasteiger partial charge in [0.05, 0.1) is 13.0 Å². The number of aliphatic imine (C=N–C) groups is 1. The van der Waals surface area contributed by atoms with Crippen molar-refractivity contribution in [1.82, 2.24) is 41.7 Å². The molecule has 3 heterocycles. The zero-order valence-corrected chi connectivity index (χ0v) is 34.9. The summed E-state index contributed by atoms with van der Waals surface area (Å²) in [5.41, 5.74) is 17.2. The number of fused-ring (bicyclic) bond motifs is 2. The lowest BCUT2D eigenvalue weighted by Gasteiger charge is -2.33. The Balaban J connectivity index is 1.69. The highest BCUT2D eigenvalue weighted by molar-refractivity contribution is 5.99. The fraction of sp³-hybridized carbons (Fsp3) is 0.600. The number of unbranched alkanes of at least 4 members (excludes halogenated alkanes) is 1. The molecule has 22 heteroatoms. The van der Waals surface area contributed by atoms with Crippen LogP contribution in [0, 0.1) is 0 Å². The number of carboxylic acid groups (broad SMARTS) is 1. The topological polar surface area (TPSA) is 343 Å². The first-order valence-corrected chi connectivity index (χ1v) is 21.0. The molecule has 7 atom stereocenters. The average molecular weight is 869 g/mol. The van der Waals surface area contributed by atoms with E-state index in [4.69, 9.17) is 17.2 Å². The first-order valence-electron chi connectivity index (χ1n) is 21.0. The Kier molecular flexibility index (Phi) is 18.4. The summed E-state index contributed by atoms with van der Waals surface area (Å²) < 4.78 is 0. The number of rotatable bonds is 12. The number of hydrogen-bond donors (Lipinski definition) is 10. The van der Waals surface area contributed by atoms with E-state index in [0.717, 1.165) is 0 Å². The first kappa shape index (κ1) is 48.3. The van der Waals surface area contributed by atoms with Crippen LogP contribution in [0.3, 0.4) is 0 Å². The van der Waals surface area contributed by atoms with Gasteiger partial charge in [0.15, 0.2) is 5.96 Å². The second-order valence-corrected chi connectivity index (χ2v) is 15.7. The molecule has 62 heavy (non-hydrogen) atoms. The largest absolute Gasteiger partial charge is 0.481 e. The number of hydrogen-bond acceptors (Lipinski definition) is 11. The SMILES string of the molecule is C[C@@H]1NC(=O)[C@@H]2CCCN2C(=O)[C@H]2CCCN2C(=O)[C@H](CCCCN)NC(=O)[C@H](CC(=O)O)NC(=O)CNC(=O)[C@H](CCCN=C(N)N)NC(=O)[C@H](Cc2ccccc2)NC1=O. The van der Waals surface area contributed by atoms with E-state index in [9.17, 15) is 48.3 Å². The van der Waals surface area contributed by atoms with Crippen molar-refractivity contribution in [3.05, 3.63) is 35.9 Å². The van der Waals surface area contributed by atoms with Crippen LogP contribution in [-0.2, 0) is 49.6 Å². The number of guanidine groups is 1. The van der Waals surface area contributed by atoms with Crippen LogP contribution < -0.4 is 49.1 Å². The predicted octanol–water partition coefficient (Wildman–Crippen LogP) is -3.56. The third-order valence-corrected chi connectivity index (χ3v) is 10.9. The quantitative estimate of drug-likeness (QED) is 0.0553. The standard InChI is InChI=1S/C40H60N12O10/c1-23-33(56)50-27(20-24-10-3-2-4-11-24)35(58)48-25(13-7-17-44-40(42)43)34(57)45-22-31(53)47-28(21-32(54)55)36(59)49-26(12-5-6-16-41)38(61)52-19-9-15-30(52)39(62)51-18-8-14-29(51)37(60)46-23/h2-4,10-11,23,25-30H,5-9,12-22,41H2,1H3,(H,45,57)(H,46,60)(H,47,53)(H,48,58)(H,49,59)(H,50,56)(H,54,55)(H4,42,43,44)/t23-,25-,26-,27-,28-,29-,30+/m0/s1. The molecule has 0 unspecified atom stereocenters. The van der Waals surface area contributed by atoms with Crippen molar-refractivity contribution in [1.29, 1.82) is 0 Å². The van der Waals surface area contributed by atoms with Gasteiger partial charge in [-0.3, -0.25) is 48.1 Å². The Morgan fingerprint density at radius 2 is 1.32 bits per heavy atom. The van der Waals surface area contributed by atoms with Gasteiger partial charge >= 0.3 is 5.97 Å². The van der Waals surface area contributed by atoms with Gasteiger partial charge < -0.3 is 64.0 Å². The van der Waals surface area contributed by atoms with Crippen LogP contribution in [0.5, 0.6) is 0 Å². The second kappa shape index (κ2) is 23.6. The Bertz CT molecular complexity index is 1830. The van der Waals surface area contributed by atoms with Crippen molar-refractivity contribution in [2.75, 3.05) is 32.7 Å². The molecule has 0 aliphatic carbocycles. The van der Waals surface area contributed by atoms with Crippen LogP contribution in [0.25, 0.3) is 0 Å². The number of nitrogens with zero attached hydrogens (tertiary/aromatic N) is 3. The number of amides is 8. The number of aliphatic carboxylic acids is 1. The van der Waals surface area contributed by atoms with E-state index in [1.807, 2.05) is 0 Å². The molecule has 8 amide bonds. The summed E-state index contributed by atoms with van der Waals surface area (Å²) in [6, 6.07) is 0.112. The summed E-state index contributed by atoms with van der Waals surface area (Å²) in [5, 5.41) is 24.9. The van der Waals surface area contributed by atoms with Gasteiger partial charge in [0.25, 0.3) is 0 Å². The maximum absolute atomic E-state index is 14.2. The molecule has 13 N–H and O–H groups in total. The first-order chi connectivity index (χ1) is 29.6. The second-order valence-electron chi connectivity index (χ2n) is 15.7. The smallest absolute Gasteiger partial charge is 0.305 e. The van der Waals surface area contributed by atoms with Crippen LogP contribution >= 0.6 is 0 Å². The summed E-state index contributed by atoms with van der Waals surface area (Å²) in [7, 11) is 0. The van der Waals surface area contributed by atoms with E-state index in [0.29, 0.717) is 31.2 Å². The van der Waals surface area contributed by atoms with Gasteiger partial charge in [0, 0.05) is 26.1 Å². The van der Waals surface area contributed by atoms with Crippen molar-refractivity contribution in [3.63, 3.8) is 0 Å². The molecule has 0 radical (unpaired) electrons. The summed E-state index contributed by atoms with van der Waals surface area (Å²) in [6.45, 7) is 1.42. The molecule has 1 aromatic rings. The fourth-order valence-corrected chi connectivity index (χ4v) is 7.70. The number of carboxylic acids is 1. The summed E-state index contributed by atoms with van der Waals surface area (Å²) in [4.78, 5) is 129. The predicted molar refractivity (Wildman–Crippen MR) is 223 cm³/mol. The number of nitrogens with two attached hydrogens (primary N) is 3. The molecule has 0 saturated carbocycles. The minimum absolute atomic E-state index is 0.0216. The normalized spacial score (nSPS) is 26.1. The van der Waals surface area contributed by atoms with Crippen LogP contribution in [0.2, 0.25) is 0 Å². The third-order valence-electron chi connectivity index (χ3n) is 10.9.